The number of nitrogens with zero attached hydrogens (tertiary/aromatic N) is 1. The molecule has 110 valence electrons. The minimum absolute atomic E-state index is 0.0310. The van der Waals surface area contributed by atoms with Crippen LogP contribution < -0.4 is 0 Å². The van der Waals surface area contributed by atoms with E-state index in [-0.39, 0.29) is 11.8 Å². The van der Waals surface area contributed by atoms with Crippen molar-refractivity contribution in [2.75, 3.05) is 26.3 Å². The van der Waals surface area contributed by atoms with Crippen molar-refractivity contribution in [2.45, 2.75) is 12.3 Å². The van der Waals surface area contributed by atoms with Crippen molar-refractivity contribution in [1.82, 2.24) is 4.90 Å². The molecule has 2 aromatic rings. The first-order chi connectivity index (χ1) is 10.3. The van der Waals surface area contributed by atoms with Crippen LogP contribution in [0.4, 0.5) is 0 Å². The van der Waals surface area contributed by atoms with E-state index in [9.17, 15) is 4.79 Å². The maximum Gasteiger partial charge on any atom is 0.223 e. The van der Waals surface area contributed by atoms with Crippen LogP contribution in [-0.2, 0) is 9.53 Å². The standard InChI is InChI=1S/C17H19NO3/c19-17(18-8-11-20-12-9-18)13-15(16-7-4-10-21-16)14-5-2-1-3-6-14/h1-7,10,15H,8-9,11-13H2/t15-/m1/s1. The van der Waals surface area contributed by atoms with Gasteiger partial charge in [-0.1, -0.05) is 30.3 Å². The summed E-state index contributed by atoms with van der Waals surface area (Å²) in [6.07, 6.45) is 2.09. The molecule has 0 unspecified atom stereocenters. The Balaban J connectivity index is 1.78. The molecule has 21 heavy (non-hydrogen) atoms. The molecule has 1 fully saturated rings. The highest BCUT2D eigenvalue weighted by atomic mass is 16.5. The predicted octanol–water partition coefficient (Wildman–Crippen LogP) is 2.66. The molecule has 1 aliphatic rings. The summed E-state index contributed by atoms with van der Waals surface area (Å²) in [7, 11) is 0. The number of amides is 1. The minimum atomic E-state index is -0.0310. The van der Waals surface area contributed by atoms with E-state index in [1.54, 1.807) is 6.26 Å². The highest BCUT2D eigenvalue weighted by molar-refractivity contribution is 5.77. The van der Waals surface area contributed by atoms with Gasteiger partial charge in [-0.15, -0.1) is 0 Å². The van der Waals surface area contributed by atoms with Crippen LogP contribution in [0, 0.1) is 0 Å². The van der Waals surface area contributed by atoms with Crippen molar-refractivity contribution in [3.63, 3.8) is 0 Å². The van der Waals surface area contributed by atoms with Crippen LogP contribution in [-0.4, -0.2) is 37.1 Å². The maximum atomic E-state index is 12.5. The Hall–Kier alpha value is -2.07. The second kappa shape index (κ2) is 6.59. The van der Waals surface area contributed by atoms with Gasteiger partial charge in [0.15, 0.2) is 0 Å². The van der Waals surface area contributed by atoms with E-state index in [0.717, 1.165) is 11.3 Å². The molecule has 0 radical (unpaired) electrons. The predicted molar refractivity (Wildman–Crippen MR) is 79.0 cm³/mol. The first kappa shape index (κ1) is 13.9. The average Bonchev–Trinajstić information content (AvgIpc) is 3.08. The van der Waals surface area contributed by atoms with Crippen LogP contribution in [0.25, 0.3) is 0 Å². The smallest absolute Gasteiger partial charge is 0.223 e. The van der Waals surface area contributed by atoms with Crippen molar-refractivity contribution in [2.24, 2.45) is 0 Å². The summed E-state index contributed by atoms with van der Waals surface area (Å²) < 4.78 is 10.8. The summed E-state index contributed by atoms with van der Waals surface area (Å²) in [6, 6.07) is 13.8. The zero-order valence-corrected chi connectivity index (χ0v) is 11.9. The number of rotatable bonds is 4. The monoisotopic (exact) mass is 285 g/mol. The maximum absolute atomic E-state index is 12.5. The summed E-state index contributed by atoms with van der Waals surface area (Å²) in [5.74, 6) is 0.961. The Labute approximate surface area is 124 Å². The molecule has 0 aliphatic carbocycles. The number of benzene rings is 1. The lowest BCUT2D eigenvalue weighted by Crippen LogP contribution is -2.41. The molecular formula is C17H19NO3. The molecule has 1 atom stereocenters. The van der Waals surface area contributed by atoms with Gasteiger partial charge in [-0.3, -0.25) is 4.79 Å². The molecule has 0 saturated carbocycles. The first-order valence-electron chi connectivity index (χ1n) is 7.28. The van der Waals surface area contributed by atoms with Gasteiger partial charge in [-0.25, -0.2) is 0 Å². The lowest BCUT2D eigenvalue weighted by molar-refractivity contribution is -0.135. The van der Waals surface area contributed by atoms with E-state index < -0.39 is 0 Å². The number of carbonyl (C=O) groups excluding carboxylic acids is 1. The highest BCUT2D eigenvalue weighted by Gasteiger charge is 2.24. The first-order valence-corrected chi connectivity index (χ1v) is 7.28. The fourth-order valence-electron chi connectivity index (χ4n) is 2.67. The van der Waals surface area contributed by atoms with Gasteiger partial charge in [0, 0.05) is 19.5 Å². The van der Waals surface area contributed by atoms with Gasteiger partial charge in [0.05, 0.1) is 25.4 Å². The van der Waals surface area contributed by atoms with Gasteiger partial charge in [-0.05, 0) is 17.7 Å². The second-order valence-electron chi connectivity index (χ2n) is 5.18. The van der Waals surface area contributed by atoms with Crippen LogP contribution in [0.3, 0.4) is 0 Å². The Kier molecular flexibility index (Phi) is 4.36. The summed E-state index contributed by atoms with van der Waals surface area (Å²) in [6.45, 7) is 2.61. The molecule has 1 aromatic heterocycles. The summed E-state index contributed by atoms with van der Waals surface area (Å²) in [5, 5.41) is 0. The van der Waals surface area contributed by atoms with Crippen molar-refractivity contribution >= 4 is 5.91 Å². The quantitative estimate of drug-likeness (QED) is 0.867. The summed E-state index contributed by atoms with van der Waals surface area (Å²) >= 11 is 0. The molecule has 1 amide bonds. The summed E-state index contributed by atoms with van der Waals surface area (Å²) in [5.41, 5.74) is 1.11. The van der Waals surface area contributed by atoms with Crippen LogP contribution in [0.1, 0.15) is 23.7 Å². The van der Waals surface area contributed by atoms with E-state index in [1.165, 1.54) is 0 Å². The van der Waals surface area contributed by atoms with Gasteiger partial charge in [0.1, 0.15) is 5.76 Å². The topological polar surface area (TPSA) is 42.7 Å². The fourth-order valence-corrected chi connectivity index (χ4v) is 2.67. The number of morpholine rings is 1. The zero-order valence-electron chi connectivity index (χ0n) is 11.9. The van der Waals surface area contributed by atoms with Crippen molar-refractivity contribution in [3.8, 4) is 0 Å². The van der Waals surface area contributed by atoms with Gasteiger partial charge in [0.25, 0.3) is 0 Å². The van der Waals surface area contributed by atoms with Crippen molar-refractivity contribution in [3.05, 3.63) is 60.1 Å². The number of ether oxygens (including phenoxy) is 1. The second-order valence-corrected chi connectivity index (χ2v) is 5.18. The van der Waals surface area contributed by atoms with Gasteiger partial charge >= 0.3 is 0 Å². The molecule has 0 N–H and O–H groups in total. The molecule has 4 heteroatoms. The minimum Gasteiger partial charge on any atom is -0.469 e. The molecule has 2 heterocycles. The zero-order chi connectivity index (χ0) is 14.5. The molecule has 4 nitrogen and oxygen atoms in total. The number of hydrogen-bond acceptors (Lipinski definition) is 3. The molecule has 0 spiro atoms. The largest absolute Gasteiger partial charge is 0.469 e. The van der Waals surface area contributed by atoms with Gasteiger partial charge < -0.3 is 14.1 Å². The third-order valence-electron chi connectivity index (χ3n) is 3.83. The van der Waals surface area contributed by atoms with Crippen LogP contribution >= 0.6 is 0 Å². The molecule has 1 saturated heterocycles. The van der Waals surface area contributed by atoms with E-state index in [1.807, 2.05) is 47.4 Å². The van der Waals surface area contributed by atoms with Crippen molar-refractivity contribution < 1.29 is 13.9 Å². The third-order valence-corrected chi connectivity index (χ3v) is 3.83. The SMILES string of the molecule is O=C(C[C@H](c1ccccc1)c1ccco1)N1CCOCC1. The molecule has 1 aliphatic heterocycles. The third kappa shape index (κ3) is 3.34. The molecule has 3 rings (SSSR count). The van der Waals surface area contributed by atoms with Gasteiger partial charge in [-0.2, -0.15) is 0 Å². The van der Waals surface area contributed by atoms with Crippen LogP contribution in [0.2, 0.25) is 0 Å². The molecule has 0 bridgehead atoms. The van der Waals surface area contributed by atoms with E-state index in [2.05, 4.69) is 0 Å². The number of furan rings is 1. The van der Waals surface area contributed by atoms with E-state index in [4.69, 9.17) is 9.15 Å². The van der Waals surface area contributed by atoms with Crippen LogP contribution in [0.5, 0.6) is 0 Å². The van der Waals surface area contributed by atoms with Crippen LogP contribution in [0.15, 0.2) is 53.1 Å². The Morgan fingerprint density at radius 1 is 1.10 bits per heavy atom. The fraction of sp³-hybridized carbons (Fsp3) is 0.353. The normalized spacial score (nSPS) is 16.7. The van der Waals surface area contributed by atoms with E-state index in [0.29, 0.717) is 32.7 Å². The Morgan fingerprint density at radius 2 is 1.86 bits per heavy atom. The number of carbonyl (C=O) groups is 1. The highest BCUT2D eigenvalue weighted by Crippen LogP contribution is 2.29. The molecular weight excluding hydrogens is 266 g/mol. The van der Waals surface area contributed by atoms with Crippen molar-refractivity contribution in [1.29, 1.82) is 0 Å². The lowest BCUT2D eigenvalue weighted by atomic mass is 9.92. The number of hydrogen-bond donors (Lipinski definition) is 0. The lowest BCUT2D eigenvalue weighted by Gasteiger charge is -2.28. The van der Waals surface area contributed by atoms with Gasteiger partial charge in [0.2, 0.25) is 5.91 Å². The van der Waals surface area contributed by atoms with E-state index >= 15 is 0 Å². The summed E-state index contributed by atoms with van der Waals surface area (Å²) in [4.78, 5) is 14.4. The Bertz CT molecular complexity index is 559. The molecule has 1 aromatic carbocycles. The Morgan fingerprint density at radius 3 is 2.52 bits per heavy atom. The average molecular weight is 285 g/mol.